The number of nitrogens with one attached hydrogen (secondary N) is 1. The van der Waals surface area contributed by atoms with Gasteiger partial charge in [0, 0.05) is 24.0 Å². The van der Waals surface area contributed by atoms with Crippen molar-refractivity contribution in [1.29, 1.82) is 5.26 Å². The van der Waals surface area contributed by atoms with E-state index in [-0.39, 0.29) is 5.69 Å². The van der Waals surface area contributed by atoms with Crippen molar-refractivity contribution in [3.05, 3.63) is 57.1 Å². The molecule has 0 saturated carbocycles. The van der Waals surface area contributed by atoms with Crippen molar-refractivity contribution < 1.29 is 4.92 Å². The number of aromatic nitrogens is 1. The molecule has 102 valence electrons. The van der Waals surface area contributed by atoms with Crippen molar-refractivity contribution in [3.63, 3.8) is 0 Å². The van der Waals surface area contributed by atoms with Crippen LogP contribution in [0.4, 0.5) is 10.7 Å². The topological polar surface area (TPSA) is 95.1 Å². The van der Waals surface area contributed by atoms with Crippen LogP contribution in [0.2, 0.25) is 0 Å². The van der Waals surface area contributed by atoms with Crippen LogP contribution < -0.4 is 0 Å². The number of nitro groups is 1. The first kappa shape index (κ1) is 13.0. The van der Waals surface area contributed by atoms with Gasteiger partial charge in [-0.1, -0.05) is 6.07 Å². The van der Waals surface area contributed by atoms with Gasteiger partial charge in [0.25, 0.3) is 5.69 Å². The quantitative estimate of drug-likeness (QED) is 0.453. The molecule has 1 aromatic carbocycles. The van der Waals surface area contributed by atoms with Crippen LogP contribution in [0.25, 0.3) is 10.9 Å². The molecule has 0 spiro atoms. The predicted octanol–water partition coefficient (Wildman–Crippen LogP) is 3.76. The normalized spacial score (nSPS) is 11.0. The number of fused-ring (bicyclic) bond motifs is 1. The lowest BCUT2D eigenvalue weighted by molar-refractivity contribution is -0.383. The number of H-pyrrole nitrogens is 1. The summed E-state index contributed by atoms with van der Waals surface area (Å²) in [7, 11) is 0. The minimum absolute atomic E-state index is 0.0295. The zero-order valence-corrected chi connectivity index (χ0v) is 11.4. The van der Waals surface area contributed by atoms with Crippen molar-refractivity contribution in [2.45, 2.75) is 0 Å². The lowest BCUT2D eigenvalue weighted by atomic mass is 10.1. The van der Waals surface area contributed by atoms with Gasteiger partial charge in [0.2, 0.25) is 0 Å². The van der Waals surface area contributed by atoms with Gasteiger partial charge in [-0.25, -0.2) is 4.99 Å². The number of nitro benzene ring substituents is 1. The molecule has 0 aliphatic carbocycles. The number of aromatic amines is 1. The Bertz CT molecular complexity index is 901. The summed E-state index contributed by atoms with van der Waals surface area (Å²) in [5.41, 5.74) is 1.82. The average Bonchev–Trinajstić information content (AvgIpc) is 3.10. The monoisotopic (exact) mass is 296 g/mol. The molecule has 0 unspecified atom stereocenters. The van der Waals surface area contributed by atoms with Crippen LogP contribution >= 0.6 is 11.3 Å². The molecule has 0 fully saturated rings. The molecule has 7 heteroatoms. The molecule has 1 N–H and O–H groups in total. The fourth-order valence-corrected chi connectivity index (χ4v) is 2.75. The van der Waals surface area contributed by atoms with Gasteiger partial charge in [-0.3, -0.25) is 10.1 Å². The van der Waals surface area contributed by atoms with E-state index in [2.05, 4.69) is 16.0 Å². The van der Waals surface area contributed by atoms with E-state index in [4.69, 9.17) is 5.26 Å². The van der Waals surface area contributed by atoms with Gasteiger partial charge >= 0.3 is 0 Å². The number of hydrogen-bond donors (Lipinski definition) is 1. The van der Waals surface area contributed by atoms with Gasteiger partial charge in [-0.15, -0.1) is 11.3 Å². The van der Waals surface area contributed by atoms with E-state index in [9.17, 15) is 10.1 Å². The Hall–Kier alpha value is -2.98. The van der Waals surface area contributed by atoms with E-state index < -0.39 is 4.92 Å². The van der Waals surface area contributed by atoms with Crippen molar-refractivity contribution in [2.24, 2.45) is 4.99 Å². The Kier molecular flexibility index (Phi) is 3.22. The van der Waals surface area contributed by atoms with Gasteiger partial charge in [-0.05, 0) is 17.5 Å². The fourth-order valence-electron chi connectivity index (χ4n) is 2.06. The van der Waals surface area contributed by atoms with Crippen LogP contribution in [0.15, 0.2) is 40.8 Å². The number of nitrogens with zero attached hydrogens (tertiary/aromatic N) is 3. The number of hydrogen-bond acceptors (Lipinski definition) is 5. The molecule has 21 heavy (non-hydrogen) atoms. The molecule has 0 radical (unpaired) electrons. The summed E-state index contributed by atoms with van der Waals surface area (Å²) in [6.07, 6.45) is 3.21. The smallest absolute Gasteiger partial charge is 0.279 e. The van der Waals surface area contributed by atoms with Gasteiger partial charge in [0.15, 0.2) is 0 Å². The van der Waals surface area contributed by atoms with Crippen molar-refractivity contribution in [2.75, 3.05) is 0 Å². The first-order chi connectivity index (χ1) is 10.2. The minimum Gasteiger partial charge on any atom is -0.360 e. The van der Waals surface area contributed by atoms with Crippen LogP contribution in [0.5, 0.6) is 0 Å². The highest BCUT2D eigenvalue weighted by atomic mass is 32.1. The van der Waals surface area contributed by atoms with Crippen molar-refractivity contribution in [1.82, 2.24) is 4.98 Å². The Labute approximate surface area is 123 Å². The molecule has 6 nitrogen and oxygen atoms in total. The second-order valence-electron chi connectivity index (χ2n) is 4.21. The van der Waals surface area contributed by atoms with Crippen LogP contribution in [0.3, 0.4) is 0 Å². The molecular formula is C14H8N4O2S. The Balaban J connectivity index is 2.10. The number of thiophene rings is 1. The van der Waals surface area contributed by atoms with Crippen molar-refractivity contribution in [3.8, 4) is 6.07 Å². The second kappa shape index (κ2) is 5.19. The van der Waals surface area contributed by atoms with E-state index in [1.54, 1.807) is 36.0 Å². The average molecular weight is 296 g/mol. The van der Waals surface area contributed by atoms with E-state index in [0.29, 0.717) is 27.0 Å². The second-order valence-corrected chi connectivity index (χ2v) is 5.10. The summed E-state index contributed by atoms with van der Waals surface area (Å²) < 4.78 is 0. The Morgan fingerprint density at radius 3 is 3.05 bits per heavy atom. The highest BCUT2D eigenvalue weighted by Crippen LogP contribution is 2.29. The third-order valence-corrected chi connectivity index (χ3v) is 3.82. The Morgan fingerprint density at radius 1 is 1.43 bits per heavy atom. The van der Waals surface area contributed by atoms with Gasteiger partial charge in [0.1, 0.15) is 11.1 Å². The fraction of sp³-hybridized carbons (Fsp3) is 0. The molecule has 0 aliphatic rings. The number of aliphatic imine (C=N–C) groups is 1. The summed E-state index contributed by atoms with van der Waals surface area (Å²) in [5, 5.41) is 22.9. The van der Waals surface area contributed by atoms with Crippen molar-refractivity contribution >= 4 is 39.1 Å². The molecular weight excluding hydrogens is 288 g/mol. The zero-order chi connectivity index (χ0) is 14.8. The number of benzene rings is 1. The molecule has 3 rings (SSSR count). The summed E-state index contributed by atoms with van der Waals surface area (Å²) in [6, 6.07) is 8.60. The molecule has 0 aliphatic heterocycles. The maximum absolute atomic E-state index is 11.1. The lowest BCUT2D eigenvalue weighted by Gasteiger charge is -1.95. The standard InChI is InChI=1S/C14H8N4O2S/c15-6-9-4-5-21-14(9)17-8-10-7-16-11-2-1-3-12(13(10)11)18(19)20/h1-5,7-8,16H. The highest BCUT2D eigenvalue weighted by molar-refractivity contribution is 7.14. The van der Waals surface area contributed by atoms with Crippen LogP contribution in [-0.2, 0) is 0 Å². The maximum Gasteiger partial charge on any atom is 0.279 e. The molecule has 0 bridgehead atoms. The number of non-ortho nitro benzene ring substituents is 1. The van der Waals surface area contributed by atoms with Crippen LogP contribution in [0.1, 0.15) is 11.1 Å². The first-order valence-corrected chi connectivity index (χ1v) is 6.85. The summed E-state index contributed by atoms with van der Waals surface area (Å²) in [6.45, 7) is 0. The van der Waals surface area contributed by atoms with Gasteiger partial charge in [0.05, 0.1) is 21.4 Å². The van der Waals surface area contributed by atoms with E-state index >= 15 is 0 Å². The Morgan fingerprint density at radius 2 is 2.29 bits per heavy atom. The third kappa shape index (κ3) is 2.28. The minimum atomic E-state index is -0.417. The summed E-state index contributed by atoms with van der Waals surface area (Å²) in [5.74, 6) is 0. The van der Waals surface area contributed by atoms with Gasteiger partial charge in [-0.2, -0.15) is 5.26 Å². The molecule has 0 atom stereocenters. The molecule has 0 amide bonds. The zero-order valence-electron chi connectivity index (χ0n) is 10.6. The maximum atomic E-state index is 11.1. The molecule has 2 aromatic heterocycles. The van der Waals surface area contributed by atoms with E-state index in [1.165, 1.54) is 17.4 Å². The predicted molar refractivity (Wildman–Crippen MR) is 81.2 cm³/mol. The van der Waals surface area contributed by atoms with Gasteiger partial charge < -0.3 is 4.98 Å². The van der Waals surface area contributed by atoms with E-state index in [1.807, 2.05) is 0 Å². The van der Waals surface area contributed by atoms with E-state index in [0.717, 1.165) is 0 Å². The van der Waals surface area contributed by atoms with Crippen LogP contribution in [0, 0.1) is 21.4 Å². The summed E-state index contributed by atoms with van der Waals surface area (Å²) >= 11 is 1.35. The molecule has 3 aromatic rings. The molecule has 0 saturated heterocycles. The lowest BCUT2D eigenvalue weighted by Crippen LogP contribution is -1.90. The third-order valence-electron chi connectivity index (χ3n) is 3.00. The first-order valence-electron chi connectivity index (χ1n) is 5.97. The number of rotatable bonds is 3. The van der Waals surface area contributed by atoms with Crippen LogP contribution in [-0.4, -0.2) is 16.1 Å². The number of nitriles is 1. The largest absolute Gasteiger partial charge is 0.360 e. The highest BCUT2D eigenvalue weighted by Gasteiger charge is 2.15. The molecule has 2 heterocycles. The summed E-state index contributed by atoms with van der Waals surface area (Å²) in [4.78, 5) is 17.9. The SMILES string of the molecule is N#Cc1ccsc1N=Cc1c[nH]c2cccc([N+](=O)[O-])c12.